The molecule has 2 heterocycles. The third-order valence-electron chi connectivity index (χ3n) is 4.62. The van der Waals surface area contributed by atoms with E-state index < -0.39 is 0 Å². The number of rotatable bonds is 10. The van der Waals surface area contributed by atoms with Crippen LogP contribution < -0.4 is 5.32 Å². The molecule has 0 aromatic carbocycles. The topological polar surface area (TPSA) is 50.2 Å². The van der Waals surface area contributed by atoms with E-state index >= 15 is 0 Å². The molecule has 0 atom stereocenters. The molecule has 0 aliphatic heterocycles. The van der Waals surface area contributed by atoms with Crippen LogP contribution in [0.1, 0.15) is 51.2 Å². The maximum absolute atomic E-state index is 4.89. The Morgan fingerprint density at radius 1 is 1.26 bits per heavy atom. The molecule has 0 amide bonds. The zero-order chi connectivity index (χ0) is 23.0. The number of fused-ring (bicyclic) bond motifs is 1. The number of aliphatic imine (C=N–C) groups is 1. The Morgan fingerprint density at radius 3 is 2.58 bits per heavy atom. The van der Waals surface area contributed by atoms with E-state index in [1.165, 1.54) is 10.5 Å². The van der Waals surface area contributed by atoms with Gasteiger partial charge in [0.2, 0.25) is 0 Å². The number of allylic oxidation sites excluding steroid dienone is 7. The molecule has 1 N–H and O–H groups in total. The molecule has 0 aliphatic carbocycles. The van der Waals surface area contributed by atoms with E-state index in [1.807, 2.05) is 31.2 Å². The zero-order valence-electron chi connectivity index (χ0n) is 18.8. The lowest BCUT2D eigenvalue weighted by molar-refractivity contribution is 0.601. The molecule has 4 nitrogen and oxygen atoms in total. The average Bonchev–Trinajstić information content (AvgIpc) is 3.08. The lowest BCUT2D eigenvalue weighted by Crippen LogP contribution is -2.08. The number of halogens is 1. The van der Waals surface area contributed by atoms with E-state index in [9.17, 15) is 0 Å². The van der Waals surface area contributed by atoms with Crippen LogP contribution in [0, 0.1) is 0 Å². The van der Waals surface area contributed by atoms with Gasteiger partial charge in [0, 0.05) is 23.2 Å². The molecule has 31 heavy (non-hydrogen) atoms. The minimum absolute atomic E-state index is 0.00602. The predicted octanol–water partition coefficient (Wildman–Crippen LogP) is 7.86. The van der Waals surface area contributed by atoms with Gasteiger partial charge in [-0.25, -0.2) is 9.97 Å². The van der Waals surface area contributed by atoms with Gasteiger partial charge in [-0.1, -0.05) is 58.2 Å². The first kappa shape index (κ1) is 25.0. The molecule has 2 aromatic rings. The van der Waals surface area contributed by atoms with Gasteiger partial charge in [0.1, 0.15) is 11.3 Å². The zero-order valence-corrected chi connectivity index (χ0v) is 21.2. The summed E-state index contributed by atoms with van der Waals surface area (Å²) in [5, 5.41) is 3.54. The molecule has 2 aromatic heterocycles. The normalized spacial score (nSPS) is 13.1. The van der Waals surface area contributed by atoms with Crippen molar-refractivity contribution in [3.05, 3.63) is 70.5 Å². The van der Waals surface area contributed by atoms with Crippen molar-refractivity contribution in [3.8, 4) is 0 Å². The van der Waals surface area contributed by atoms with Crippen LogP contribution in [0.2, 0.25) is 0 Å². The molecule has 0 unspecified atom stereocenters. The third-order valence-corrected chi connectivity index (χ3v) is 7.26. The van der Waals surface area contributed by atoms with Crippen molar-refractivity contribution in [1.82, 2.24) is 9.97 Å². The Kier molecular flexibility index (Phi) is 9.14. The summed E-state index contributed by atoms with van der Waals surface area (Å²) in [5.74, 6) is 1.52. The first-order valence-electron chi connectivity index (χ1n) is 10.2. The molecule has 6 heteroatoms. The molecule has 2 rings (SSSR count). The lowest BCUT2D eigenvalue weighted by Gasteiger charge is -2.16. The summed E-state index contributed by atoms with van der Waals surface area (Å²) < 4.78 is 2.10. The van der Waals surface area contributed by atoms with E-state index in [1.54, 1.807) is 23.6 Å². The summed E-state index contributed by atoms with van der Waals surface area (Å²) in [5.41, 5.74) is 3.01. The lowest BCUT2D eigenvalue weighted by atomic mass is 9.95. The first-order chi connectivity index (χ1) is 14.8. The van der Waals surface area contributed by atoms with Gasteiger partial charge in [-0.05, 0) is 59.5 Å². The van der Waals surface area contributed by atoms with Gasteiger partial charge in [-0.15, -0.1) is 11.3 Å². The van der Waals surface area contributed by atoms with Crippen LogP contribution in [0.4, 0.5) is 5.82 Å². The Labute approximate surface area is 198 Å². The van der Waals surface area contributed by atoms with Crippen molar-refractivity contribution < 1.29 is 0 Å². The van der Waals surface area contributed by atoms with Gasteiger partial charge in [-0.2, -0.15) is 0 Å². The van der Waals surface area contributed by atoms with Crippen LogP contribution in [-0.2, 0) is 5.41 Å². The van der Waals surface area contributed by atoms with E-state index in [0.29, 0.717) is 5.82 Å². The minimum Gasteiger partial charge on any atom is -0.369 e. The maximum atomic E-state index is 4.89. The number of thiophene rings is 1. The first-order valence-corrected chi connectivity index (χ1v) is 11.8. The van der Waals surface area contributed by atoms with Crippen molar-refractivity contribution in [1.29, 1.82) is 0 Å². The molecule has 164 valence electrons. The summed E-state index contributed by atoms with van der Waals surface area (Å²) in [6.45, 7) is 20.5. The van der Waals surface area contributed by atoms with Gasteiger partial charge in [0.15, 0.2) is 5.82 Å². The second-order valence-corrected chi connectivity index (χ2v) is 9.84. The Bertz CT molecular complexity index is 1050. The molecule has 0 radical (unpaired) electrons. The average molecular weight is 500 g/mol. The van der Waals surface area contributed by atoms with Crippen LogP contribution in [0.5, 0.6) is 0 Å². The van der Waals surface area contributed by atoms with Crippen molar-refractivity contribution in [2.75, 3.05) is 11.9 Å². The predicted molar refractivity (Wildman–Crippen MR) is 142 cm³/mol. The maximum Gasteiger partial charge on any atom is 0.161 e. The molecular weight excluding hydrogens is 468 g/mol. The monoisotopic (exact) mass is 498 g/mol. The number of anilines is 1. The molecule has 0 fully saturated rings. The van der Waals surface area contributed by atoms with Crippen molar-refractivity contribution in [2.45, 2.75) is 46.0 Å². The number of aromatic nitrogens is 2. The van der Waals surface area contributed by atoms with Crippen molar-refractivity contribution >= 4 is 55.6 Å². The molecule has 0 saturated carbocycles. The fraction of sp³-hybridized carbons (Fsp3) is 0.320. The number of nitrogens with zero attached hydrogens (tertiary/aromatic N) is 3. The molecule has 0 bridgehead atoms. The van der Waals surface area contributed by atoms with Gasteiger partial charge in [-0.3, -0.25) is 4.99 Å². The Balaban J connectivity index is 2.47. The van der Waals surface area contributed by atoms with E-state index in [2.05, 4.69) is 66.9 Å². The Morgan fingerprint density at radius 2 is 2.00 bits per heavy atom. The fourth-order valence-corrected chi connectivity index (χ4v) is 5.43. The Hall–Kier alpha value is -2.31. The van der Waals surface area contributed by atoms with Crippen LogP contribution >= 0.6 is 27.3 Å². The second-order valence-electron chi connectivity index (χ2n) is 8.02. The second kappa shape index (κ2) is 11.3. The van der Waals surface area contributed by atoms with Crippen LogP contribution in [0.15, 0.2) is 64.8 Å². The largest absolute Gasteiger partial charge is 0.369 e. The summed E-state index contributed by atoms with van der Waals surface area (Å²) in [6.07, 6.45) is 13.1. The van der Waals surface area contributed by atoms with Gasteiger partial charge < -0.3 is 5.32 Å². The summed E-state index contributed by atoms with van der Waals surface area (Å²) in [6, 6.07) is 0. The minimum atomic E-state index is 0.00602. The molecule has 0 saturated heterocycles. The van der Waals surface area contributed by atoms with Crippen LogP contribution in [0.3, 0.4) is 0 Å². The highest BCUT2D eigenvalue weighted by Gasteiger charge is 2.25. The number of hydrogen-bond donors (Lipinski definition) is 1. The molecular formula is C25H31BrN4S. The van der Waals surface area contributed by atoms with Crippen molar-refractivity contribution in [3.63, 3.8) is 0 Å². The smallest absolute Gasteiger partial charge is 0.161 e. The number of hydrogen-bond acceptors (Lipinski definition) is 5. The molecule has 0 aliphatic rings. The third kappa shape index (κ3) is 6.34. The van der Waals surface area contributed by atoms with E-state index in [0.717, 1.165) is 45.5 Å². The molecule has 0 spiro atoms. The van der Waals surface area contributed by atoms with E-state index in [-0.39, 0.29) is 5.41 Å². The van der Waals surface area contributed by atoms with Crippen molar-refractivity contribution in [2.24, 2.45) is 4.99 Å². The van der Waals surface area contributed by atoms with Crippen LogP contribution in [-0.4, -0.2) is 23.2 Å². The highest BCUT2D eigenvalue weighted by Crippen LogP contribution is 2.44. The standard InChI is InChI=1S/C25H31BrN4S/c1-8-12-17(9-2)13-11-15-28-24-21-20(19(26)22(31-21)25(4,5)6)29-23(30-24)18(10-3)14-16-27-7/h8-10,12,14,16H,1-2,7,11,13,15H2,3-6H3,(H,28,29,30)/b16-14-,17-12+,18-10+. The highest BCUT2D eigenvalue weighted by atomic mass is 79.9. The van der Waals surface area contributed by atoms with Crippen LogP contribution in [0.25, 0.3) is 15.8 Å². The van der Waals surface area contributed by atoms with Gasteiger partial charge in [0.05, 0.1) is 9.17 Å². The van der Waals surface area contributed by atoms with Gasteiger partial charge in [0.25, 0.3) is 0 Å². The fourth-order valence-electron chi connectivity index (χ4n) is 3.02. The van der Waals surface area contributed by atoms with Gasteiger partial charge >= 0.3 is 0 Å². The highest BCUT2D eigenvalue weighted by molar-refractivity contribution is 9.10. The SMILES string of the molecule is C=C/C=C(\C=C)CCCNc1nc(C(/C=C\N=C)=C/C)nc2c(Br)c(C(C)(C)C)sc12. The quantitative estimate of drug-likeness (QED) is 0.206. The summed E-state index contributed by atoms with van der Waals surface area (Å²) in [4.78, 5) is 14.8. The summed E-state index contributed by atoms with van der Waals surface area (Å²) >= 11 is 5.54. The number of nitrogens with one attached hydrogen (secondary N) is 1. The van der Waals surface area contributed by atoms with E-state index in [4.69, 9.17) is 9.97 Å². The summed E-state index contributed by atoms with van der Waals surface area (Å²) in [7, 11) is 0.